The molecule has 0 unspecified atom stereocenters. The monoisotopic (exact) mass is 630 g/mol. The number of carbonyl (C=O) groups excluding carboxylic acids is 2. The molecule has 1 heterocycles. The molecule has 3 aromatic carbocycles. The number of ether oxygens (including phenoxy) is 3. The highest BCUT2D eigenvalue weighted by Crippen LogP contribution is 2.34. The number of nitrogens with one attached hydrogen (secondary N) is 3. The van der Waals surface area contributed by atoms with E-state index >= 15 is 0 Å². The number of benzene rings is 3. The summed E-state index contributed by atoms with van der Waals surface area (Å²) >= 11 is 0. The molecule has 0 aromatic heterocycles. The topological polar surface area (TPSA) is 101 Å². The smallest absolute Gasteiger partial charge is 0.319 e. The number of rotatable bonds is 16. The molecule has 3 aromatic rings. The minimum Gasteiger partial charge on any atom is -0.493 e. The highest BCUT2D eigenvalue weighted by Gasteiger charge is 2.19. The van der Waals surface area contributed by atoms with E-state index in [1.54, 1.807) is 49.6 Å². The molecule has 0 spiro atoms. The Morgan fingerprint density at radius 3 is 2.22 bits per heavy atom. The Balaban J connectivity index is 1.22. The van der Waals surface area contributed by atoms with Crippen LogP contribution in [0.15, 0.2) is 66.7 Å². The third kappa shape index (κ3) is 10.8. The second-order valence-corrected chi connectivity index (χ2v) is 11.8. The van der Waals surface area contributed by atoms with E-state index in [0.29, 0.717) is 46.9 Å². The summed E-state index contributed by atoms with van der Waals surface area (Å²) in [6.45, 7) is 10.5. The maximum Gasteiger partial charge on any atom is 0.319 e. The zero-order chi connectivity index (χ0) is 32.7. The lowest BCUT2D eigenvalue weighted by Gasteiger charge is -2.31. The zero-order valence-electron chi connectivity index (χ0n) is 27.8. The molecule has 1 saturated heterocycles. The van der Waals surface area contributed by atoms with Gasteiger partial charge in [0.15, 0.2) is 11.5 Å². The van der Waals surface area contributed by atoms with Crippen LogP contribution < -0.4 is 25.4 Å². The average molecular weight is 631 g/mol. The Hall–Kier alpha value is -4.08. The van der Waals surface area contributed by atoms with Crippen LogP contribution in [0.25, 0.3) is 0 Å². The van der Waals surface area contributed by atoms with Crippen LogP contribution in [0.1, 0.15) is 75.2 Å². The molecule has 46 heavy (non-hydrogen) atoms. The van der Waals surface area contributed by atoms with Crippen LogP contribution in [-0.4, -0.2) is 62.3 Å². The predicted octanol–water partition coefficient (Wildman–Crippen LogP) is 7.87. The summed E-state index contributed by atoms with van der Waals surface area (Å²) in [6, 6.07) is 19.9. The molecule has 9 heteroatoms. The van der Waals surface area contributed by atoms with Gasteiger partial charge in [0.05, 0.1) is 19.8 Å². The second-order valence-electron chi connectivity index (χ2n) is 11.8. The molecule has 1 aliphatic heterocycles. The normalized spacial score (nSPS) is 13.8. The number of nitrogens with zero attached hydrogens (tertiary/aromatic N) is 1. The lowest BCUT2D eigenvalue weighted by Crippen LogP contribution is -2.37. The van der Waals surface area contributed by atoms with E-state index in [0.717, 1.165) is 50.8 Å². The van der Waals surface area contributed by atoms with Crippen LogP contribution in [0, 0.1) is 0 Å². The largest absolute Gasteiger partial charge is 0.493 e. The van der Waals surface area contributed by atoms with E-state index in [4.69, 9.17) is 14.2 Å². The molecule has 0 bridgehead atoms. The van der Waals surface area contributed by atoms with Crippen LogP contribution in [0.3, 0.4) is 0 Å². The minimum absolute atomic E-state index is 0.126. The number of hydrogen-bond acceptors (Lipinski definition) is 6. The van der Waals surface area contributed by atoms with Gasteiger partial charge >= 0.3 is 6.03 Å². The van der Waals surface area contributed by atoms with E-state index in [1.807, 2.05) is 38.1 Å². The summed E-state index contributed by atoms with van der Waals surface area (Å²) in [7, 11) is 1.55. The first-order valence-electron chi connectivity index (χ1n) is 16.7. The van der Waals surface area contributed by atoms with Gasteiger partial charge in [-0.05, 0) is 99.2 Å². The Morgan fingerprint density at radius 2 is 1.57 bits per heavy atom. The Morgan fingerprint density at radius 1 is 0.870 bits per heavy atom. The molecule has 248 valence electrons. The highest BCUT2D eigenvalue weighted by molar-refractivity contribution is 6.04. The average Bonchev–Trinajstić information content (AvgIpc) is 3.08. The van der Waals surface area contributed by atoms with E-state index in [1.165, 1.54) is 19.4 Å². The van der Waals surface area contributed by atoms with E-state index < -0.39 is 0 Å². The summed E-state index contributed by atoms with van der Waals surface area (Å²) < 4.78 is 17.7. The van der Waals surface area contributed by atoms with Crippen molar-refractivity contribution in [3.05, 3.63) is 77.9 Å². The van der Waals surface area contributed by atoms with Crippen molar-refractivity contribution in [2.24, 2.45) is 0 Å². The van der Waals surface area contributed by atoms with Crippen molar-refractivity contribution >= 4 is 23.3 Å². The molecule has 4 rings (SSSR count). The van der Waals surface area contributed by atoms with Gasteiger partial charge in [-0.3, -0.25) is 4.79 Å². The maximum absolute atomic E-state index is 12.9. The summed E-state index contributed by atoms with van der Waals surface area (Å²) in [5.41, 5.74) is 3.01. The molecule has 0 radical (unpaired) electrons. The maximum atomic E-state index is 12.9. The molecular weight excluding hydrogens is 580 g/mol. The highest BCUT2D eigenvalue weighted by atomic mass is 16.5. The fraction of sp³-hybridized carbons (Fsp3) is 0.459. The van der Waals surface area contributed by atoms with Crippen molar-refractivity contribution in [1.29, 1.82) is 0 Å². The number of hydrogen-bond donors (Lipinski definition) is 3. The SMILES string of the molecule is CCCCN1CCC(OCCc2ccc(C(=O)Nc3ccc(Oc4ccc(NC(=O)NC(CC)CC)cc4OC)cc3)cc2)CC1. The number of unbranched alkanes of at least 4 members (excludes halogenated alkanes) is 1. The fourth-order valence-corrected chi connectivity index (χ4v) is 5.46. The lowest BCUT2D eigenvalue weighted by atomic mass is 10.1. The van der Waals surface area contributed by atoms with Crippen LogP contribution >= 0.6 is 0 Å². The van der Waals surface area contributed by atoms with Gasteiger partial charge in [-0.1, -0.05) is 39.3 Å². The van der Waals surface area contributed by atoms with Gasteiger partial charge in [0.25, 0.3) is 5.91 Å². The molecule has 3 N–H and O–H groups in total. The number of amides is 3. The lowest BCUT2D eigenvalue weighted by molar-refractivity contribution is 0.00888. The van der Waals surface area contributed by atoms with Crippen molar-refractivity contribution in [3.63, 3.8) is 0 Å². The van der Waals surface area contributed by atoms with E-state index in [9.17, 15) is 9.59 Å². The molecule has 1 aliphatic rings. The first kappa shape index (κ1) is 34.8. The summed E-state index contributed by atoms with van der Waals surface area (Å²) in [6.07, 6.45) is 7.64. The molecule has 0 aliphatic carbocycles. The molecular formula is C37H50N4O5. The van der Waals surface area contributed by atoms with Crippen molar-refractivity contribution in [3.8, 4) is 17.2 Å². The van der Waals surface area contributed by atoms with Crippen molar-refractivity contribution in [2.45, 2.75) is 77.9 Å². The van der Waals surface area contributed by atoms with Gasteiger partial charge < -0.3 is 35.1 Å². The first-order chi connectivity index (χ1) is 22.4. The molecule has 0 saturated carbocycles. The van der Waals surface area contributed by atoms with Gasteiger partial charge in [0.1, 0.15) is 5.75 Å². The van der Waals surface area contributed by atoms with Gasteiger partial charge in [-0.15, -0.1) is 0 Å². The van der Waals surface area contributed by atoms with Crippen LogP contribution in [0.4, 0.5) is 16.2 Å². The van der Waals surface area contributed by atoms with E-state index in [2.05, 4.69) is 27.8 Å². The third-order valence-corrected chi connectivity index (χ3v) is 8.41. The van der Waals surface area contributed by atoms with Gasteiger partial charge in [0.2, 0.25) is 0 Å². The quantitative estimate of drug-likeness (QED) is 0.149. The second kappa shape index (κ2) is 18.2. The van der Waals surface area contributed by atoms with Gasteiger partial charge in [-0.2, -0.15) is 0 Å². The summed E-state index contributed by atoms with van der Waals surface area (Å²) in [5.74, 6) is 1.39. The van der Waals surface area contributed by atoms with E-state index in [-0.39, 0.29) is 18.0 Å². The van der Waals surface area contributed by atoms with Gasteiger partial charge in [0, 0.05) is 42.1 Å². The summed E-state index contributed by atoms with van der Waals surface area (Å²) in [4.78, 5) is 27.7. The first-order valence-corrected chi connectivity index (χ1v) is 16.7. The molecule has 9 nitrogen and oxygen atoms in total. The Kier molecular flexibility index (Phi) is 13.7. The Labute approximate surface area is 274 Å². The predicted molar refractivity (Wildman–Crippen MR) is 184 cm³/mol. The third-order valence-electron chi connectivity index (χ3n) is 8.41. The number of likely N-dealkylation sites (tertiary alicyclic amines) is 1. The number of anilines is 2. The number of carbonyl (C=O) groups is 2. The summed E-state index contributed by atoms with van der Waals surface area (Å²) in [5, 5.41) is 8.74. The number of urea groups is 1. The van der Waals surface area contributed by atoms with Crippen LogP contribution in [0.2, 0.25) is 0 Å². The minimum atomic E-state index is -0.258. The van der Waals surface area contributed by atoms with Crippen molar-refractivity contribution < 1.29 is 23.8 Å². The Bertz CT molecular complexity index is 1370. The standard InChI is InChI=1S/C37H50N4O5/c1-5-8-22-41-23-19-32(20-24-41)45-25-21-27-9-11-28(12-10-27)36(42)38-30-13-16-33(17-14-30)46-34-18-15-31(26-35(34)44-4)40-37(43)39-29(6-2)7-3/h9-18,26,29,32H,5-8,19-25H2,1-4H3,(H,38,42)(H2,39,40,43). The molecule has 1 fully saturated rings. The number of piperidine rings is 1. The number of methoxy groups -OCH3 is 1. The van der Waals surface area contributed by atoms with Crippen molar-refractivity contribution in [2.75, 3.05) is 44.0 Å². The van der Waals surface area contributed by atoms with Crippen LogP contribution in [0.5, 0.6) is 17.2 Å². The molecule has 0 atom stereocenters. The van der Waals surface area contributed by atoms with Crippen LogP contribution in [-0.2, 0) is 11.2 Å². The van der Waals surface area contributed by atoms with Gasteiger partial charge in [-0.25, -0.2) is 4.79 Å². The zero-order valence-corrected chi connectivity index (χ0v) is 27.8. The fourth-order valence-electron chi connectivity index (χ4n) is 5.46. The molecule has 3 amide bonds. The van der Waals surface area contributed by atoms with Crippen molar-refractivity contribution in [1.82, 2.24) is 10.2 Å².